The first-order valence-electron chi connectivity index (χ1n) is 8.15. The van der Waals surface area contributed by atoms with Crippen molar-refractivity contribution in [3.8, 4) is 0 Å². The zero-order valence-corrected chi connectivity index (χ0v) is 14.3. The summed E-state index contributed by atoms with van der Waals surface area (Å²) in [4.78, 5) is 13.8. The summed E-state index contributed by atoms with van der Waals surface area (Å²) in [6, 6.07) is 9.75. The maximum atomic E-state index is 12.4. The summed E-state index contributed by atoms with van der Waals surface area (Å²) in [6.07, 6.45) is 4.46. The van der Waals surface area contributed by atoms with Crippen molar-refractivity contribution < 1.29 is 9.21 Å². The van der Waals surface area contributed by atoms with Crippen molar-refractivity contribution >= 4 is 33.9 Å². The molecule has 0 unspecified atom stereocenters. The van der Waals surface area contributed by atoms with Crippen LogP contribution in [0.4, 0.5) is 0 Å². The number of hydrogen-bond donors (Lipinski definition) is 1. The standard InChI is InChI=1S/C19H18N2O2S/c1-12(17-10-13-6-2-4-8-16(13)23-17)20-21-19(22)15-11-24-18-9-5-3-7-14(15)18/h2,4,6,8,10-11H,3,5,7,9H2,1H3,(H,21,22). The van der Waals surface area contributed by atoms with Gasteiger partial charge in [0.1, 0.15) is 11.3 Å². The molecule has 0 fully saturated rings. The van der Waals surface area contributed by atoms with Gasteiger partial charge in [0, 0.05) is 15.6 Å². The van der Waals surface area contributed by atoms with Gasteiger partial charge < -0.3 is 4.42 Å². The molecule has 0 atom stereocenters. The molecule has 1 aliphatic carbocycles. The van der Waals surface area contributed by atoms with Crippen LogP contribution in [0.1, 0.15) is 46.3 Å². The Morgan fingerprint density at radius 1 is 1.25 bits per heavy atom. The lowest BCUT2D eigenvalue weighted by atomic mass is 9.96. The summed E-state index contributed by atoms with van der Waals surface area (Å²) in [5.41, 5.74) is 6.13. The van der Waals surface area contributed by atoms with Crippen LogP contribution in [0.3, 0.4) is 0 Å². The lowest BCUT2D eigenvalue weighted by molar-refractivity contribution is 0.0954. The van der Waals surface area contributed by atoms with Crippen molar-refractivity contribution in [1.82, 2.24) is 5.43 Å². The molecule has 1 aliphatic rings. The summed E-state index contributed by atoms with van der Waals surface area (Å²) >= 11 is 1.69. The van der Waals surface area contributed by atoms with Crippen LogP contribution in [-0.2, 0) is 12.8 Å². The van der Waals surface area contributed by atoms with Crippen LogP contribution < -0.4 is 5.43 Å². The summed E-state index contributed by atoms with van der Waals surface area (Å²) in [6.45, 7) is 1.83. The van der Waals surface area contributed by atoms with Gasteiger partial charge in [-0.25, -0.2) is 5.43 Å². The first-order chi connectivity index (χ1) is 11.7. The molecule has 2 aromatic heterocycles. The van der Waals surface area contributed by atoms with Crippen LogP contribution in [0.15, 0.2) is 45.2 Å². The number of nitrogens with zero attached hydrogens (tertiary/aromatic N) is 1. The molecule has 0 saturated carbocycles. The van der Waals surface area contributed by atoms with E-state index in [2.05, 4.69) is 10.5 Å². The third kappa shape index (κ3) is 2.76. The van der Waals surface area contributed by atoms with E-state index in [1.807, 2.05) is 42.6 Å². The number of nitrogens with one attached hydrogen (secondary N) is 1. The Bertz CT molecular complexity index is 903. The van der Waals surface area contributed by atoms with Gasteiger partial charge in [0.2, 0.25) is 0 Å². The van der Waals surface area contributed by atoms with E-state index in [1.54, 1.807) is 11.3 Å². The quantitative estimate of drug-likeness (QED) is 0.563. The molecule has 2 heterocycles. The second-order valence-corrected chi connectivity index (χ2v) is 7.01. The second kappa shape index (κ2) is 6.24. The molecule has 0 aliphatic heterocycles. The van der Waals surface area contributed by atoms with E-state index in [-0.39, 0.29) is 5.91 Å². The fraction of sp³-hybridized carbons (Fsp3) is 0.263. The van der Waals surface area contributed by atoms with Crippen LogP contribution in [-0.4, -0.2) is 11.6 Å². The van der Waals surface area contributed by atoms with E-state index >= 15 is 0 Å². The van der Waals surface area contributed by atoms with Crippen molar-refractivity contribution in [2.24, 2.45) is 5.10 Å². The van der Waals surface area contributed by atoms with Crippen molar-refractivity contribution in [2.45, 2.75) is 32.6 Å². The van der Waals surface area contributed by atoms with Crippen LogP contribution >= 0.6 is 11.3 Å². The van der Waals surface area contributed by atoms with Crippen LogP contribution in [0.25, 0.3) is 11.0 Å². The molecule has 5 heteroatoms. The lowest BCUT2D eigenvalue weighted by Gasteiger charge is -2.11. The first kappa shape index (κ1) is 15.1. The maximum absolute atomic E-state index is 12.4. The van der Waals surface area contributed by atoms with E-state index in [1.165, 1.54) is 16.9 Å². The summed E-state index contributed by atoms with van der Waals surface area (Å²) in [5, 5.41) is 7.21. The van der Waals surface area contributed by atoms with E-state index in [0.29, 0.717) is 11.5 Å². The topological polar surface area (TPSA) is 54.6 Å². The van der Waals surface area contributed by atoms with Gasteiger partial charge in [-0.15, -0.1) is 11.3 Å². The predicted octanol–water partition coefficient (Wildman–Crippen LogP) is 4.53. The molecule has 4 rings (SSSR count). The SMILES string of the molecule is CC(=NNC(=O)c1csc2c1CCCC2)c1cc2ccccc2o1. The molecule has 0 bridgehead atoms. The fourth-order valence-electron chi connectivity index (χ4n) is 3.09. The highest BCUT2D eigenvalue weighted by Crippen LogP contribution is 2.30. The second-order valence-electron chi connectivity index (χ2n) is 6.04. The summed E-state index contributed by atoms with van der Waals surface area (Å²) < 4.78 is 5.76. The number of amides is 1. The van der Waals surface area contributed by atoms with Gasteiger partial charge in [0.05, 0.1) is 5.56 Å². The van der Waals surface area contributed by atoms with Gasteiger partial charge in [-0.3, -0.25) is 4.79 Å². The Hall–Kier alpha value is -2.40. The molecular weight excluding hydrogens is 320 g/mol. The average molecular weight is 338 g/mol. The molecule has 0 spiro atoms. The molecule has 1 aromatic carbocycles. The molecule has 4 nitrogen and oxygen atoms in total. The monoisotopic (exact) mass is 338 g/mol. The average Bonchev–Trinajstić information content (AvgIpc) is 3.23. The molecule has 1 amide bonds. The largest absolute Gasteiger partial charge is 0.455 e. The maximum Gasteiger partial charge on any atom is 0.272 e. The van der Waals surface area contributed by atoms with Crippen LogP contribution in [0.2, 0.25) is 0 Å². The minimum absolute atomic E-state index is 0.134. The molecule has 0 saturated heterocycles. The number of carbonyl (C=O) groups is 1. The number of aryl methyl sites for hydroxylation is 1. The minimum atomic E-state index is -0.134. The number of rotatable bonds is 3. The van der Waals surface area contributed by atoms with Crippen LogP contribution in [0, 0.1) is 0 Å². The van der Waals surface area contributed by atoms with E-state index < -0.39 is 0 Å². The zero-order valence-electron chi connectivity index (χ0n) is 13.5. The number of hydrazone groups is 1. The molecule has 0 radical (unpaired) electrons. The van der Waals surface area contributed by atoms with Gasteiger partial charge in [0.25, 0.3) is 5.91 Å². The number of furan rings is 1. The van der Waals surface area contributed by atoms with Crippen molar-refractivity contribution in [1.29, 1.82) is 0 Å². The third-order valence-electron chi connectivity index (χ3n) is 4.41. The molecule has 122 valence electrons. The van der Waals surface area contributed by atoms with Gasteiger partial charge in [-0.05, 0) is 50.3 Å². The van der Waals surface area contributed by atoms with Crippen LogP contribution in [0.5, 0.6) is 0 Å². The Morgan fingerprint density at radius 2 is 2.08 bits per heavy atom. The van der Waals surface area contributed by atoms with Gasteiger partial charge in [-0.2, -0.15) is 5.10 Å². The van der Waals surface area contributed by atoms with E-state index in [4.69, 9.17) is 4.42 Å². The Labute approximate surface area is 144 Å². The van der Waals surface area contributed by atoms with Crippen molar-refractivity contribution in [3.63, 3.8) is 0 Å². The number of carbonyl (C=O) groups excluding carboxylic acids is 1. The third-order valence-corrected chi connectivity index (χ3v) is 5.50. The fourth-order valence-corrected chi connectivity index (χ4v) is 4.22. The zero-order chi connectivity index (χ0) is 16.5. The van der Waals surface area contributed by atoms with E-state index in [9.17, 15) is 4.79 Å². The van der Waals surface area contributed by atoms with Gasteiger partial charge in [-0.1, -0.05) is 18.2 Å². The summed E-state index contributed by atoms with van der Waals surface area (Å²) in [5.74, 6) is 0.536. The number of para-hydroxylation sites is 1. The highest BCUT2D eigenvalue weighted by molar-refractivity contribution is 7.10. The minimum Gasteiger partial charge on any atom is -0.455 e. The molecular formula is C19H18N2O2S. The smallest absolute Gasteiger partial charge is 0.272 e. The highest BCUT2D eigenvalue weighted by atomic mass is 32.1. The van der Waals surface area contributed by atoms with Gasteiger partial charge in [0.15, 0.2) is 5.76 Å². The Kier molecular flexibility index (Phi) is 3.94. The number of hydrogen-bond acceptors (Lipinski definition) is 4. The molecule has 1 N–H and O–H groups in total. The van der Waals surface area contributed by atoms with Crippen molar-refractivity contribution in [2.75, 3.05) is 0 Å². The number of fused-ring (bicyclic) bond motifs is 2. The van der Waals surface area contributed by atoms with E-state index in [0.717, 1.165) is 35.8 Å². The predicted molar refractivity (Wildman–Crippen MR) is 96.9 cm³/mol. The van der Waals surface area contributed by atoms with Gasteiger partial charge >= 0.3 is 0 Å². The Balaban J connectivity index is 1.53. The number of benzene rings is 1. The normalized spacial score (nSPS) is 14.6. The molecule has 24 heavy (non-hydrogen) atoms. The molecule has 3 aromatic rings. The highest BCUT2D eigenvalue weighted by Gasteiger charge is 2.20. The Morgan fingerprint density at radius 3 is 2.96 bits per heavy atom. The summed E-state index contributed by atoms with van der Waals surface area (Å²) in [7, 11) is 0. The first-order valence-corrected chi connectivity index (χ1v) is 9.03. The van der Waals surface area contributed by atoms with Crippen molar-refractivity contribution in [3.05, 3.63) is 57.5 Å². The lowest BCUT2D eigenvalue weighted by Crippen LogP contribution is -2.20. The number of thiophene rings is 1.